The van der Waals surface area contributed by atoms with E-state index in [9.17, 15) is 4.79 Å². The number of hydrogen-bond acceptors (Lipinski definition) is 2. The Morgan fingerprint density at radius 2 is 1.79 bits per heavy atom. The van der Waals surface area contributed by atoms with Crippen molar-refractivity contribution in [3.63, 3.8) is 0 Å². The van der Waals surface area contributed by atoms with Crippen LogP contribution in [0.5, 0.6) is 0 Å². The van der Waals surface area contributed by atoms with Gasteiger partial charge in [-0.05, 0) is 33.1 Å². The lowest BCUT2D eigenvalue weighted by Crippen LogP contribution is -2.48. The first-order chi connectivity index (χ1) is 11.0. The van der Waals surface area contributed by atoms with Crippen molar-refractivity contribution in [2.75, 3.05) is 26.7 Å². The highest BCUT2D eigenvalue weighted by molar-refractivity contribution is 14.0. The van der Waals surface area contributed by atoms with Crippen molar-refractivity contribution >= 4 is 35.8 Å². The maximum Gasteiger partial charge on any atom is 0.227 e. The van der Waals surface area contributed by atoms with E-state index < -0.39 is 5.41 Å². The monoisotopic (exact) mass is 452 g/mol. The number of guanidine groups is 1. The summed E-state index contributed by atoms with van der Waals surface area (Å²) in [7, 11) is 1.77. The number of halogens is 1. The fourth-order valence-electron chi connectivity index (χ4n) is 3.07. The molecule has 0 spiro atoms. The molecule has 0 saturated heterocycles. The summed E-state index contributed by atoms with van der Waals surface area (Å²) in [4.78, 5) is 16.2. The third-order valence-corrected chi connectivity index (χ3v) is 4.68. The van der Waals surface area contributed by atoms with Crippen molar-refractivity contribution in [2.45, 2.75) is 65.7 Å². The van der Waals surface area contributed by atoms with Gasteiger partial charge in [-0.3, -0.25) is 9.79 Å². The minimum absolute atomic E-state index is 0. The van der Waals surface area contributed by atoms with Crippen LogP contribution in [0.4, 0.5) is 0 Å². The van der Waals surface area contributed by atoms with E-state index in [1.54, 1.807) is 7.05 Å². The topological polar surface area (TPSA) is 65.5 Å². The molecule has 24 heavy (non-hydrogen) atoms. The molecule has 0 unspecified atom stereocenters. The van der Waals surface area contributed by atoms with Gasteiger partial charge in [0.1, 0.15) is 0 Å². The number of amides is 1. The van der Waals surface area contributed by atoms with Crippen LogP contribution >= 0.6 is 24.0 Å². The van der Waals surface area contributed by atoms with Gasteiger partial charge in [-0.25, -0.2) is 0 Å². The normalized spacial score (nSPS) is 15.8. The fourth-order valence-corrected chi connectivity index (χ4v) is 3.07. The molecule has 0 radical (unpaired) electrons. The number of hydrogen-bond donors (Lipinski definition) is 3. The molecule has 0 atom stereocenters. The van der Waals surface area contributed by atoms with Crippen molar-refractivity contribution < 1.29 is 4.79 Å². The van der Waals surface area contributed by atoms with Crippen LogP contribution in [0.1, 0.15) is 65.7 Å². The molecule has 1 amide bonds. The minimum atomic E-state index is -0.448. The number of rotatable bonds is 9. The van der Waals surface area contributed by atoms with Crippen LogP contribution in [0.3, 0.4) is 0 Å². The molecule has 0 heterocycles. The molecule has 0 aromatic carbocycles. The summed E-state index contributed by atoms with van der Waals surface area (Å²) in [5, 5.41) is 9.48. The van der Waals surface area contributed by atoms with Crippen molar-refractivity contribution in [2.24, 2.45) is 16.3 Å². The summed E-state index contributed by atoms with van der Waals surface area (Å²) in [6.45, 7) is 8.00. The summed E-state index contributed by atoms with van der Waals surface area (Å²) in [6, 6.07) is 0. The molecule has 6 heteroatoms. The predicted molar refractivity (Wildman–Crippen MR) is 113 cm³/mol. The largest absolute Gasteiger partial charge is 0.356 e. The van der Waals surface area contributed by atoms with E-state index in [0.29, 0.717) is 13.1 Å². The Bertz CT molecular complexity index is 379. The van der Waals surface area contributed by atoms with E-state index in [1.165, 1.54) is 44.9 Å². The molecule has 1 rings (SSSR count). The van der Waals surface area contributed by atoms with E-state index in [2.05, 4.69) is 20.9 Å². The first-order valence-corrected chi connectivity index (χ1v) is 9.22. The third-order valence-electron chi connectivity index (χ3n) is 4.68. The highest BCUT2D eigenvalue weighted by Crippen LogP contribution is 2.28. The second kappa shape index (κ2) is 12.8. The van der Waals surface area contributed by atoms with Crippen LogP contribution in [0.2, 0.25) is 0 Å². The van der Waals surface area contributed by atoms with E-state index in [1.807, 2.05) is 20.8 Å². The number of nitrogens with one attached hydrogen (secondary N) is 3. The maximum absolute atomic E-state index is 12.0. The van der Waals surface area contributed by atoms with Crippen LogP contribution in [-0.2, 0) is 4.79 Å². The zero-order chi connectivity index (χ0) is 17.1. The zero-order valence-electron chi connectivity index (χ0n) is 15.9. The minimum Gasteiger partial charge on any atom is -0.356 e. The first kappa shape index (κ1) is 23.5. The quantitative estimate of drug-likeness (QED) is 0.218. The fraction of sp³-hybridized carbons (Fsp3) is 0.889. The Kier molecular flexibility index (Phi) is 12.5. The molecule has 1 fully saturated rings. The second-order valence-corrected chi connectivity index (χ2v) is 7.24. The highest BCUT2D eigenvalue weighted by atomic mass is 127. The number of aliphatic imine (C=N–C) groups is 1. The Hall–Kier alpha value is -0.530. The second-order valence-electron chi connectivity index (χ2n) is 7.24. The van der Waals surface area contributed by atoms with Crippen molar-refractivity contribution in [1.29, 1.82) is 0 Å². The molecule has 5 nitrogen and oxygen atoms in total. The van der Waals surface area contributed by atoms with E-state index >= 15 is 0 Å². The lowest BCUT2D eigenvalue weighted by molar-refractivity contribution is -0.128. The molecular weight excluding hydrogens is 415 g/mol. The van der Waals surface area contributed by atoms with Crippen LogP contribution in [-0.4, -0.2) is 38.5 Å². The Balaban J connectivity index is 0.00000529. The van der Waals surface area contributed by atoms with E-state index in [-0.39, 0.29) is 29.9 Å². The van der Waals surface area contributed by atoms with Gasteiger partial charge < -0.3 is 16.0 Å². The zero-order valence-corrected chi connectivity index (χ0v) is 18.2. The van der Waals surface area contributed by atoms with Crippen LogP contribution in [0, 0.1) is 11.3 Å². The van der Waals surface area contributed by atoms with Crippen molar-refractivity contribution in [3.8, 4) is 0 Å². The van der Waals surface area contributed by atoms with Gasteiger partial charge in [-0.2, -0.15) is 0 Å². The van der Waals surface area contributed by atoms with Gasteiger partial charge in [0.2, 0.25) is 5.91 Å². The SMILES string of the molecule is CCNC(=O)C(C)(C)CNC(=NC)NCCCCC1CCCC1.I. The Morgan fingerprint density at radius 3 is 2.38 bits per heavy atom. The summed E-state index contributed by atoms with van der Waals surface area (Å²) in [5.41, 5.74) is -0.448. The van der Waals surface area contributed by atoms with Gasteiger partial charge >= 0.3 is 0 Å². The number of carbonyl (C=O) groups excluding carboxylic acids is 1. The molecule has 3 N–H and O–H groups in total. The average molecular weight is 452 g/mol. The average Bonchev–Trinajstić information content (AvgIpc) is 3.03. The highest BCUT2D eigenvalue weighted by Gasteiger charge is 2.27. The van der Waals surface area contributed by atoms with Crippen molar-refractivity contribution in [3.05, 3.63) is 0 Å². The predicted octanol–water partition coefficient (Wildman–Crippen LogP) is 3.29. The smallest absolute Gasteiger partial charge is 0.227 e. The molecule has 0 aromatic rings. The Labute approximate surface area is 165 Å². The van der Waals surface area contributed by atoms with Gasteiger partial charge in [0.05, 0.1) is 5.41 Å². The van der Waals surface area contributed by atoms with Gasteiger partial charge in [0, 0.05) is 26.7 Å². The molecule has 1 saturated carbocycles. The summed E-state index contributed by atoms with van der Waals surface area (Å²) in [5.74, 6) is 1.83. The lowest BCUT2D eigenvalue weighted by Gasteiger charge is -2.24. The van der Waals surface area contributed by atoms with E-state index in [4.69, 9.17) is 0 Å². The first-order valence-electron chi connectivity index (χ1n) is 9.22. The summed E-state index contributed by atoms with van der Waals surface area (Å²) >= 11 is 0. The number of nitrogens with zero attached hydrogens (tertiary/aromatic N) is 1. The number of unbranched alkanes of at least 4 members (excludes halogenated alkanes) is 1. The third kappa shape index (κ3) is 9.08. The standard InChI is InChI=1S/C18H36N4O.HI/c1-5-20-16(23)18(2,3)14-22-17(19-4)21-13-9-8-12-15-10-6-7-11-15;/h15H,5-14H2,1-4H3,(H,20,23)(H2,19,21,22);1H. The van der Waals surface area contributed by atoms with Gasteiger partial charge in [-0.1, -0.05) is 38.5 Å². The summed E-state index contributed by atoms with van der Waals surface area (Å²) in [6.07, 6.45) is 9.58. The number of carbonyl (C=O) groups is 1. The van der Waals surface area contributed by atoms with Crippen LogP contribution in [0.15, 0.2) is 4.99 Å². The molecule has 1 aliphatic rings. The van der Waals surface area contributed by atoms with Crippen LogP contribution in [0.25, 0.3) is 0 Å². The van der Waals surface area contributed by atoms with E-state index in [0.717, 1.165) is 18.4 Å². The summed E-state index contributed by atoms with van der Waals surface area (Å²) < 4.78 is 0. The molecule has 0 aliphatic heterocycles. The van der Waals surface area contributed by atoms with Gasteiger partial charge in [0.15, 0.2) is 5.96 Å². The molecular formula is C18H37IN4O. The Morgan fingerprint density at radius 1 is 1.12 bits per heavy atom. The van der Waals surface area contributed by atoms with Gasteiger partial charge in [-0.15, -0.1) is 24.0 Å². The lowest BCUT2D eigenvalue weighted by atomic mass is 9.92. The molecule has 1 aliphatic carbocycles. The van der Waals surface area contributed by atoms with Gasteiger partial charge in [0.25, 0.3) is 0 Å². The molecule has 0 bridgehead atoms. The molecule has 142 valence electrons. The van der Waals surface area contributed by atoms with Crippen LogP contribution < -0.4 is 16.0 Å². The maximum atomic E-state index is 12.0. The van der Waals surface area contributed by atoms with Crippen molar-refractivity contribution in [1.82, 2.24) is 16.0 Å². The molecule has 0 aromatic heterocycles.